The van der Waals surface area contributed by atoms with Gasteiger partial charge in [-0.1, -0.05) is 18.2 Å². The van der Waals surface area contributed by atoms with Crippen LogP contribution in [0.2, 0.25) is 0 Å². The summed E-state index contributed by atoms with van der Waals surface area (Å²) in [5.74, 6) is -0.624. The summed E-state index contributed by atoms with van der Waals surface area (Å²) in [6.07, 6.45) is 2.78. The Balaban J connectivity index is 1.83. The van der Waals surface area contributed by atoms with Crippen molar-refractivity contribution in [1.82, 2.24) is 4.98 Å². The first-order chi connectivity index (χ1) is 12.9. The Kier molecular flexibility index (Phi) is 5.65. The number of sulfonamides is 1. The molecule has 0 amide bonds. The third-order valence-corrected chi connectivity index (χ3v) is 6.62. The van der Waals surface area contributed by atoms with Crippen LogP contribution in [0.15, 0.2) is 53.6 Å². The minimum Gasteiger partial charge on any atom is -0.481 e. The lowest BCUT2D eigenvalue weighted by Crippen LogP contribution is -2.39. The van der Waals surface area contributed by atoms with E-state index in [0.29, 0.717) is 37.6 Å². The van der Waals surface area contributed by atoms with Crippen molar-refractivity contribution in [2.45, 2.75) is 24.7 Å². The molecule has 1 unspecified atom stereocenters. The molecule has 1 saturated heterocycles. The molecule has 1 fully saturated rings. The Morgan fingerprint density at radius 3 is 2.59 bits per heavy atom. The van der Waals surface area contributed by atoms with E-state index in [-0.39, 0.29) is 4.90 Å². The van der Waals surface area contributed by atoms with E-state index in [9.17, 15) is 18.3 Å². The van der Waals surface area contributed by atoms with Crippen LogP contribution in [0.25, 0.3) is 0 Å². The molecule has 144 valence electrons. The molecule has 1 atom stereocenters. The van der Waals surface area contributed by atoms with Crippen molar-refractivity contribution in [1.29, 1.82) is 0 Å². The molecule has 0 spiro atoms. The number of benzene rings is 1. The van der Waals surface area contributed by atoms with Crippen molar-refractivity contribution in [3.8, 4) is 0 Å². The van der Waals surface area contributed by atoms with Gasteiger partial charge in [0.15, 0.2) is 0 Å². The van der Waals surface area contributed by atoms with E-state index < -0.39 is 21.9 Å². The van der Waals surface area contributed by atoms with Crippen LogP contribution < -0.4 is 9.21 Å². The van der Waals surface area contributed by atoms with E-state index in [0.717, 1.165) is 6.42 Å². The maximum Gasteiger partial charge on any atom is 0.308 e. The molecule has 2 aromatic rings. The monoisotopic (exact) mass is 389 g/mol. The first-order valence-electron chi connectivity index (χ1n) is 8.95. The molecule has 7 nitrogen and oxygen atoms in total. The summed E-state index contributed by atoms with van der Waals surface area (Å²) in [6.45, 7) is 3.19. The van der Waals surface area contributed by atoms with Crippen LogP contribution in [-0.4, -0.2) is 44.1 Å². The molecule has 0 bridgehead atoms. The van der Waals surface area contributed by atoms with Gasteiger partial charge in [-0.3, -0.25) is 9.10 Å². The van der Waals surface area contributed by atoms with Gasteiger partial charge in [0, 0.05) is 25.8 Å². The largest absolute Gasteiger partial charge is 0.481 e. The molecule has 0 aliphatic carbocycles. The second kappa shape index (κ2) is 7.96. The van der Waals surface area contributed by atoms with E-state index in [1.54, 1.807) is 37.3 Å². The fraction of sp³-hybridized carbons (Fsp3) is 0.368. The molecular weight excluding hydrogens is 366 g/mol. The molecule has 27 heavy (non-hydrogen) atoms. The number of carboxylic acid groups (broad SMARTS) is 1. The highest BCUT2D eigenvalue weighted by atomic mass is 32.2. The Morgan fingerprint density at radius 1 is 1.26 bits per heavy atom. The van der Waals surface area contributed by atoms with Gasteiger partial charge in [0.2, 0.25) is 0 Å². The average molecular weight is 389 g/mol. The number of nitrogens with zero attached hydrogens (tertiary/aromatic N) is 3. The summed E-state index contributed by atoms with van der Waals surface area (Å²) in [6, 6.07) is 12.1. The number of hydrogen-bond acceptors (Lipinski definition) is 5. The molecule has 1 aromatic heterocycles. The lowest BCUT2D eigenvalue weighted by Gasteiger charge is -2.31. The third kappa shape index (κ3) is 4.05. The zero-order chi connectivity index (χ0) is 19.4. The van der Waals surface area contributed by atoms with Gasteiger partial charge in [-0.05, 0) is 44.0 Å². The van der Waals surface area contributed by atoms with Crippen molar-refractivity contribution >= 4 is 27.5 Å². The van der Waals surface area contributed by atoms with Crippen molar-refractivity contribution in [3.63, 3.8) is 0 Å². The van der Waals surface area contributed by atoms with Gasteiger partial charge >= 0.3 is 5.97 Å². The molecule has 1 aromatic carbocycles. The number of carboxylic acids is 1. The van der Waals surface area contributed by atoms with Gasteiger partial charge < -0.3 is 10.0 Å². The van der Waals surface area contributed by atoms with Gasteiger partial charge in [-0.25, -0.2) is 13.4 Å². The highest BCUT2D eigenvalue weighted by molar-refractivity contribution is 7.92. The standard InChI is InChI=1S/C19H23N3O4S/c1-2-22(16-8-4-3-5-9-16)27(25,26)17-10-11-18(20-13-17)21-12-6-7-15(14-21)19(23)24/h3-5,8-11,13,15H,2,6-7,12,14H2,1H3,(H,23,24). The molecule has 0 radical (unpaired) electrons. The van der Waals surface area contributed by atoms with Gasteiger partial charge in [-0.2, -0.15) is 0 Å². The molecular formula is C19H23N3O4S. The van der Waals surface area contributed by atoms with Crippen molar-refractivity contribution in [2.24, 2.45) is 5.92 Å². The first-order valence-corrected chi connectivity index (χ1v) is 10.4. The number of rotatable bonds is 6. The maximum atomic E-state index is 13.0. The second-order valence-corrected chi connectivity index (χ2v) is 8.34. The highest BCUT2D eigenvalue weighted by Crippen LogP contribution is 2.26. The lowest BCUT2D eigenvalue weighted by atomic mass is 9.98. The molecule has 1 aliphatic heterocycles. The summed E-state index contributed by atoms with van der Waals surface area (Å²) in [5.41, 5.74) is 0.601. The zero-order valence-electron chi connectivity index (χ0n) is 15.2. The Hall–Kier alpha value is -2.61. The smallest absolute Gasteiger partial charge is 0.308 e. The van der Waals surface area contributed by atoms with Gasteiger partial charge in [0.1, 0.15) is 10.7 Å². The number of carbonyl (C=O) groups is 1. The average Bonchev–Trinajstić information content (AvgIpc) is 2.69. The fourth-order valence-corrected chi connectivity index (χ4v) is 4.73. The summed E-state index contributed by atoms with van der Waals surface area (Å²) in [7, 11) is -3.72. The molecule has 1 aliphatic rings. The predicted octanol–water partition coefficient (Wildman–Crippen LogP) is 2.60. The third-order valence-electron chi connectivity index (χ3n) is 4.73. The number of pyridine rings is 1. The van der Waals surface area contributed by atoms with Crippen LogP contribution in [-0.2, 0) is 14.8 Å². The predicted molar refractivity (Wildman–Crippen MR) is 103 cm³/mol. The highest BCUT2D eigenvalue weighted by Gasteiger charge is 2.27. The minimum atomic E-state index is -3.72. The Bertz CT molecular complexity index is 885. The minimum absolute atomic E-state index is 0.115. The number of para-hydroxylation sites is 1. The normalized spacial score (nSPS) is 17.5. The molecule has 8 heteroatoms. The summed E-state index contributed by atoms with van der Waals surface area (Å²) in [5, 5.41) is 9.22. The summed E-state index contributed by atoms with van der Waals surface area (Å²) >= 11 is 0. The van der Waals surface area contributed by atoms with Crippen LogP contribution in [0.1, 0.15) is 19.8 Å². The van der Waals surface area contributed by atoms with Crippen molar-refractivity contribution < 1.29 is 18.3 Å². The van der Waals surface area contributed by atoms with Crippen LogP contribution in [0.5, 0.6) is 0 Å². The second-order valence-electron chi connectivity index (χ2n) is 6.48. The number of aliphatic carboxylic acids is 1. The SMILES string of the molecule is CCN(c1ccccc1)S(=O)(=O)c1ccc(N2CCCC(C(=O)O)C2)nc1. The van der Waals surface area contributed by atoms with E-state index in [4.69, 9.17) is 0 Å². The molecule has 2 heterocycles. The molecule has 0 saturated carbocycles. The Labute approximate surface area is 159 Å². The van der Waals surface area contributed by atoms with Crippen LogP contribution in [0.4, 0.5) is 11.5 Å². The van der Waals surface area contributed by atoms with Crippen LogP contribution in [0.3, 0.4) is 0 Å². The quantitative estimate of drug-likeness (QED) is 0.817. The Morgan fingerprint density at radius 2 is 2.00 bits per heavy atom. The zero-order valence-corrected chi connectivity index (χ0v) is 16.0. The van der Waals surface area contributed by atoms with E-state index >= 15 is 0 Å². The van der Waals surface area contributed by atoms with Crippen LogP contribution >= 0.6 is 0 Å². The lowest BCUT2D eigenvalue weighted by molar-refractivity contribution is -0.141. The van der Waals surface area contributed by atoms with Crippen molar-refractivity contribution in [2.75, 3.05) is 28.8 Å². The van der Waals surface area contributed by atoms with Crippen molar-refractivity contribution in [3.05, 3.63) is 48.7 Å². The number of hydrogen-bond donors (Lipinski definition) is 1. The topological polar surface area (TPSA) is 90.8 Å². The fourth-order valence-electron chi connectivity index (χ4n) is 3.31. The maximum absolute atomic E-state index is 13.0. The number of piperidine rings is 1. The number of aromatic nitrogens is 1. The summed E-state index contributed by atoms with van der Waals surface area (Å²) < 4.78 is 27.3. The van der Waals surface area contributed by atoms with Gasteiger partial charge in [-0.15, -0.1) is 0 Å². The van der Waals surface area contributed by atoms with E-state index in [1.807, 2.05) is 11.0 Å². The van der Waals surface area contributed by atoms with E-state index in [1.165, 1.54) is 16.6 Å². The van der Waals surface area contributed by atoms with Gasteiger partial charge in [0.25, 0.3) is 10.0 Å². The van der Waals surface area contributed by atoms with Gasteiger partial charge in [0.05, 0.1) is 11.6 Å². The molecule has 1 N–H and O–H groups in total. The number of anilines is 2. The van der Waals surface area contributed by atoms with E-state index in [2.05, 4.69) is 4.98 Å². The molecule has 3 rings (SSSR count). The van der Waals surface area contributed by atoms with Crippen LogP contribution in [0, 0.1) is 5.92 Å². The summed E-state index contributed by atoms with van der Waals surface area (Å²) in [4.78, 5) is 17.5. The first kappa shape index (κ1) is 19.2.